The fourth-order valence-corrected chi connectivity index (χ4v) is 1.91. The topological polar surface area (TPSA) is 71.8 Å². The van der Waals surface area contributed by atoms with Crippen molar-refractivity contribution in [3.05, 3.63) is 42.4 Å². The highest BCUT2D eigenvalue weighted by atomic mass is 16.2. The van der Waals surface area contributed by atoms with E-state index in [2.05, 4.69) is 20.7 Å². The predicted molar refractivity (Wildman–Crippen MR) is 69.6 cm³/mol. The van der Waals surface area contributed by atoms with E-state index in [1.165, 1.54) is 0 Å². The molecule has 2 N–H and O–H groups in total. The van der Waals surface area contributed by atoms with Gasteiger partial charge in [0.05, 0.1) is 5.92 Å². The second-order valence-electron chi connectivity index (χ2n) is 4.55. The molecule has 1 aliphatic heterocycles. The van der Waals surface area contributed by atoms with E-state index in [0.717, 1.165) is 24.5 Å². The number of nitrogens with zero attached hydrogens (tertiary/aromatic N) is 3. The summed E-state index contributed by atoms with van der Waals surface area (Å²) in [5.74, 6) is 0.977. The first-order valence-corrected chi connectivity index (χ1v) is 6.26. The van der Waals surface area contributed by atoms with Crippen LogP contribution >= 0.6 is 0 Å². The Kier molecular flexibility index (Phi) is 3.24. The first kappa shape index (κ1) is 11.9. The van der Waals surface area contributed by atoms with E-state index in [4.69, 9.17) is 0 Å². The summed E-state index contributed by atoms with van der Waals surface area (Å²) in [4.78, 5) is 16.0. The number of hydrogen-bond donors (Lipinski definition) is 2. The van der Waals surface area contributed by atoms with Crippen molar-refractivity contribution in [1.29, 1.82) is 0 Å². The Labute approximate surface area is 110 Å². The van der Waals surface area contributed by atoms with Gasteiger partial charge in [-0.2, -0.15) is 5.10 Å². The van der Waals surface area contributed by atoms with Crippen LogP contribution in [0.15, 0.2) is 36.8 Å². The van der Waals surface area contributed by atoms with Crippen LogP contribution in [0.3, 0.4) is 0 Å². The minimum atomic E-state index is 0.108. The van der Waals surface area contributed by atoms with E-state index in [-0.39, 0.29) is 11.8 Å². The molecule has 3 heterocycles. The fourth-order valence-electron chi connectivity index (χ4n) is 1.91. The molecule has 0 spiro atoms. The Morgan fingerprint density at radius 2 is 2.37 bits per heavy atom. The maximum atomic E-state index is 11.7. The van der Waals surface area contributed by atoms with Crippen LogP contribution in [0, 0.1) is 5.92 Å². The average molecular weight is 257 g/mol. The van der Waals surface area contributed by atoms with E-state index >= 15 is 0 Å². The zero-order valence-electron chi connectivity index (χ0n) is 10.4. The predicted octanol–water partition coefficient (Wildman–Crippen LogP) is 0.103. The van der Waals surface area contributed by atoms with Crippen LogP contribution in [-0.4, -0.2) is 33.8 Å². The smallest absolute Gasteiger partial charge is 0.225 e. The molecule has 2 aromatic heterocycles. The molecule has 0 bridgehead atoms. The third-order valence-electron chi connectivity index (χ3n) is 3.17. The average Bonchev–Trinajstić information content (AvgIpc) is 2.88. The highest BCUT2D eigenvalue weighted by Crippen LogP contribution is 2.07. The van der Waals surface area contributed by atoms with Crippen molar-refractivity contribution in [3.63, 3.8) is 0 Å². The lowest BCUT2D eigenvalue weighted by atomic mass is 10.0. The molecular weight excluding hydrogens is 242 g/mol. The number of aromatic nitrogens is 3. The maximum absolute atomic E-state index is 11.7. The minimum Gasteiger partial charge on any atom is -0.352 e. The van der Waals surface area contributed by atoms with Crippen LogP contribution in [0.4, 0.5) is 0 Å². The van der Waals surface area contributed by atoms with Gasteiger partial charge in [0.15, 0.2) is 5.82 Å². The first-order chi connectivity index (χ1) is 9.33. The Hall–Kier alpha value is -2.21. The first-order valence-electron chi connectivity index (χ1n) is 6.26. The summed E-state index contributed by atoms with van der Waals surface area (Å²) >= 11 is 0. The molecule has 0 radical (unpaired) electrons. The van der Waals surface area contributed by atoms with Crippen molar-refractivity contribution >= 4 is 5.91 Å². The van der Waals surface area contributed by atoms with Crippen LogP contribution in [-0.2, 0) is 11.3 Å². The number of nitrogens with one attached hydrogen (secondary N) is 2. The van der Waals surface area contributed by atoms with Crippen LogP contribution < -0.4 is 10.6 Å². The van der Waals surface area contributed by atoms with Crippen LogP contribution in [0.25, 0.3) is 5.82 Å². The molecule has 0 atom stereocenters. The monoisotopic (exact) mass is 257 g/mol. The number of pyridine rings is 1. The van der Waals surface area contributed by atoms with Gasteiger partial charge in [0.25, 0.3) is 0 Å². The lowest BCUT2D eigenvalue weighted by molar-refractivity contribution is -0.126. The summed E-state index contributed by atoms with van der Waals surface area (Å²) in [7, 11) is 0. The van der Waals surface area contributed by atoms with Crippen LogP contribution in [0.1, 0.15) is 5.56 Å². The lowest BCUT2D eigenvalue weighted by Gasteiger charge is -2.25. The zero-order chi connectivity index (χ0) is 13.1. The zero-order valence-corrected chi connectivity index (χ0v) is 10.4. The second kappa shape index (κ2) is 5.19. The fraction of sp³-hybridized carbons (Fsp3) is 0.308. The minimum absolute atomic E-state index is 0.108. The largest absolute Gasteiger partial charge is 0.352 e. The number of carbonyl (C=O) groups excluding carboxylic acids is 1. The van der Waals surface area contributed by atoms with Gasteiger partial charge in [-0.15, -0.1) is 0 Å². The molecule has 6 heteroatoms. The normalized spacial score (nSPS) is 14.9. The van der Waals surface area contributed by atoms with Gasteiger partial charge >= 0.3 is 0 Å². The van der Waals surface area contributed by atoms with Crippen molar-refractivity contribution in [1.82, 2.24) is 25.4 Å². The number of amides is 1. The van der Waals surface area contributed by atoms with Crippen molar-refractivity contribution < 1.29 is 4.79 Å². The summed E-state index contributed by atoms with van der Waals surface area (Å²) < 4.78 is 1.70. The summed E-state index contributed by atoms with van der Waals surface area (Å²) in [6, 6.07) is 5.67. The summed E-state index contributed by atoms with van der Waals surface area (Å²) in [5, 5.41) is 10.2. The molecule has 6 nitrogen and oxygen atoms in total. The molecule has 2 aromatic rings. The SMILES string of the molecule is O=C(NCc1ccnc(-n2cccn2)c1)C1CNC1. The molecule has 0 aliphatic carbocycles. The van der Waals surface area contributed by atoms with E-state index in [0.29, 0.717) is 6.54 Å². The molecule has 3 rings (SSSR count). The Morgan fingerprint density at radius 3 is 3.05 bits per heavy atom. The van der Waals surface area contributed by atoms with Crippen molar-refractivity contribution in [2.24, 2.45) is 5.92 Å². The van der Waals surface area contributed by atoms with Gasteiger partial charge in [-0.3, -0.25) is 4.79 Å². The molecule has 19 heavy (non-hydrogen) atoms. The van der Waals surface area contributed by atoms with Crippen LogP contribution in [0.5, 0.6) is 0 Å². The Balaban J connectivity index is 1.64. The van der Waals surface area contributed by atoms with E-state index in [1.54, 1.807) is 17.1 Å². The van der Waals surface area contributed by atoms with Gasteiger partial charge in [0.1, 0.15) is 0 Å². The molecule has 1 fully saturated rings. The van der Waals surface area contributed by atoms with Crippen molar-refractivity contribution in [2.75, 3.05) is 13.1 Å². The van der Waals surface area contributed by atoms with Gasteiger partial charge in [-0.05, 0) is 23.8 Å². The third kappa shape index (κ3) is 2.63. The Morgan fingerprint density at radius 1 is 1.47 bits per heavy atom. The molecule has 1 amide bonds. The molecule has 0 aromatic carbocycles. The highest BCUT2D eigenvalue weighted by Gasteiger charge is 2.24. The van der Waals surface area contributed by atoms with E-state index in [1.807, 2.05) is 24.4 Å². The summed E-state index contributed by atoms with van der Waals surface area (Å²) in [6.45, 7) is 2.08. The van der Waals surface area contributed by atoms with Gasteiger partial charge < -0.3 is 10.6 Å². The molecule has 1 aliphatic rings. The lowest BCUT2D eigenvalue weighted by Crippen LogP contribution is -2.50. The molecule has 0 unspecified atom stereocenters. The standard InChI is InChI=1S/C13H15N5O/c19-13(11-8-14-9-11)16-7-10-2-4-15-12(6-10)18-5-1-3-17-18/h1-6,11,14H,7-9H2,(H,16,19). The van der Waals surface area contributed by atoms with E-state index < -0.39 is 0 Å². The van der Waals surface area contributed by atoms with Crippen molar-refractivity contribution in [2.45, 2.75) is 6.54 Å². The number of rotatable bonds is 4. The summed E-state index contributed by atoms with van der Waals surface area (Å²) in [5.41, 5.74) is 1.01. The number of hydrogen-bond acceptors (Lipinski definition) is 4. The van der Waals surface area contributed by atoms with Crippen molar-refractivity contribution in [3.8, 4) is 5.82 Å². The number of carbonyl (C=O) groups is 1. The Bertz CT molecular complexity index is 562. The second-order valence-corrected chi connectivity index (χ2v) is 4.55. The quantitative estimate of drug-likeness (QED) is 0.815. The van der Waals surface area contributed by atoms with E-state index in [9.17, 15) is 4.79 Å². The molecule has 1 saturated heterocycles. The van der Waals surface area contributed by atoms with Gasteiger partial charge in [-0.25, -0.2) is 9.67 Å². The highest BCUT2D eigenvalue weighted by molar-refractivity contribution is 5.79. The van der Waals surface area contributed by atoms with Gasteiger partial charge in [0.2, 0.25) is 5.91 Å². The van der Waals surface area contributed by atoms with Crippen LogP contribution in [0.2, 0.25) is 0 Å². The van der Waals surface area contributed by atoms with Gasteiger partial charge in [-0.1, -0.05) is 0 Å². The summed E-state index contributed by atoms with van der Waals surface area (Å²) in [6.07, 6.45) is 5.27. The maximum Gasteiger partial charge on any atom is 0.225 e. The third-order valence-corrected chi connectivity index (χ3v) is 3.17. The van der Waals surface area contributed by atoms with Gasteiger partial charge in [0, 0.05) is 38.2 Å². The molecule has 0 saturated carbocycles. The molecule has 98 valence electrons. The molecular formula is C13H15N5O.